The average molecular weight is 500 g/mol. The van der Waals surface area contributed by atoms with Crippen molar-refractivity contribution in [2.24, 2.45) is 0 Å². The van der Waals surface area contributed by atoms with E-state index < -0.39 is 0 Å². The Labute approximate surface area is 217 Å². The molecule has 192 valence electrons. The highest BCUT2D eigenvalue weighted by Crippen LogP contribution is 2.35. The van der Waals surface area contributed by atoms with Gasteiger partial charge in [-0.3, -0.25) is 9.59 Å². The van der Waals surface area contributed by atoms with Crippen molar-refractivity contribution in [1.82, 2.24) is 15.6 Å². The molecule has 0 fully saturated rings. The van der Waals surface area contributed by atoms with Crippen LogP contribution < -0.4 is 20.1 Å². The fourth-order valence-electron chi connectivity index (χ4n) is 4.61. The molecule has 1 unspecified atom stereocenters. The first kappa shape index (κ1) is 25.8. The summed E-state index contributed by atoms with van der Waals surface area (Å²) in [5, 5.41) is 6.81. The van der Waals surface area contributed by atoms with Gasteiger partial charge in [0.15, 0.2) is 11.5 Å². The van der Waals surface area contributed by atoms with Crippen LogP contribution in [0.5, 0.6) is 11.5 Å². The summed E-state index contributed by atoms with van der Waals surface area (Å²) in [4.78, 5) is 28.7. The smallest absolute Gasteiger partial charge is 0.251 e. The topological polar surface area (TPSA) is 92.5 Å². The quantitative estimate of drug-likeness (QED) is 0.290. The number of ether oxygens (including phenoxy) is 2. The highest BCUT2D eigenvalue weighted by Gasteiger charge is 2.21. The molecule has 7 nitrogen and oxygen atoms in total. The molecule has 0 aliphatic heterocycles. The van der Waals surface area contributed by atoms with Crippen LogP contribution in [-0.2, 0) is 4.79 Å². The minimum Gasteiger partial charge on any atom is -0.493 e. The first-order valence-electron chi connectivity index (χ1n) is 12.4. The first-order chi connectivity index (χ1) is 17.9. The van der Waals surface area contributed by atoms with E-state index in [-0.39, 0.29) is 24.3 Å². The Hall–Kier alpha value is -4.26. The molecule has 1 heterocycles. The van der Waals surface area contributed by atoms with Gasteiger partial charge in [0.1, 0.15) is 0 Å². The van der Waals surface area contributed by atoms with Gasteiger partial charge in [-0.1, -0.05) is 41.5 Å². The number of nitrogens with one attached hydrogen (secondary N) is 3. The SMILES string of the molecule is CCOc1ccc(C(CNC(=O)CNC(=O)c2cc(C)cc(C)c2)c2c[nH]c3ccccc23)cc1OC. The average Bonchev–Trinajstić information content (AvgIpc) is 3.31. The van der Waals surface area contributed by atoms with Crippen LogP contribution in [0.3, 0.4) is 0 Å². The summed E-state index contributed by atoms with van der Waals surface area (Å²) < 4.78 is 11.3. The Morgan fingerprint density at radius 3 is 2.43 bits per heavy atom. The number of H-pyrrole nitrogens is 1. The number of fused-ring (bicyclic) bond motifs is 1. The van der Waals surface area contributed by atoms with Crippen LogP contribution in [0.2, 0.25) is 0 Å². The molecule has 4 rings (SSSR count). The molecule has 2 amide bonds. The molecule has 0 bridgehead atoms. The number of hydrogen-bond donors (Lipinski definition) is 3. The van der Waals surface area contributed by atoms with Crippen molar-refractivity contribution in [1.29, 1.82) is 0 Å². The number of aromatic nitrogens is 1. The zero-order valence-electron chi connectivity index (χ0n) is 21.7. The number of benzene rings is 3. The third-order valence-corrected chi connectivity index (χ3v) is 6.28. The van der Waals surface area contributed by atoms with E-state index in [2.05, 4.69) is 21.7 Å². The van der Waals surface area contributed by atoms with Gasteiger partial charge in [0, 0.05) is 35.1 Å². The number of aromatic amines is 1. The van der Waals surface area contributed by atoms with Crippen molar-refractivity contribution in [2.45, 2.75) is 26.7 Å². The lowest BCUT2D eigenvalue weighted by Gasteiger charge is -2.20. The minimum atomic E-state index is -0.272. The van der Waals surface area contributed by atoms with Gasteiger partial charge in [-0.25, -0.2) is 0 Å². The van der Waals surface area contributed by atoms with Gasteiger partial charge in [-0.05, 0) is 62.2 Å². The Balaban J connectivity index is 1.52. The van der Waals surface area contributed by atoms with E-state index in [1.54, 1.807) is 7.11 Å². The third-order valence-electron chi connectivity index (χ3n) is 6.28. The van der Waals surface area contributed by atoms with E-state index in [0.717, 1.165) is 33.2 Å². The Kier molecular flexibility index (Phi) is 8.13. The molecule has 7 heteroatoms. The van der Waals surface area contributed by atoms with Crippen molar-refractivity contribution in [3.05, 3.63) is 94.7 Å². The first-order valence-corrected chi connectivity index (χ1v) is 12.4. The molecule has 4 aromatic rings. The summed E-state index contributed by atoms with van der Waals surface area (Å²) in [5.74, 6) is 0.618. The Morgan fingerprint density at radius 1 is 0.946 bits per heavy atom. The molecule has 3 N–H and O–H groups in total. The summed E-state index contributed by atoms with van der Waals surface area (Å²) >= 11 is 0. The normalized spacial score (nSPS) is 11.7. The summed E-state index contributed by atoms with van der Waals surface area (Å²) in [6, 6.07) is 19.5. The van der Waals surface area contributed by atoms with Gasteiger partial charge in [0.25, 0.3) is 5.91 Å². The van der Waals surface area contributed by atoms with Gasteiger partial charge in [0.05, 0.1) is 20.3 Å². The van der Waals surface area contributed by atoms with E-state index in [9.17, 15) is 9.59 Å². The van der Waals surface area contributed by atoms with E-state index in [0.29, 0.717) is 30.2 Å². The highest BCUT2D eigenvalue weighted by molar-refractivity contribution is 5.96. The molecule has 0 aliphatic carbocycles. The number of amides is 2. The van der Waals surface area contributed by atoms with Crippen molar-refractivity contribution in [3.63, 3.8) is 0 Å². The lowest BCUT2D eigenvalue weighted by Crippen LogP contribution is -2.38. The lowest BCUT2D eigenvalue weighted by molar-refractivity contribution is -0.120. The van der Waals surface area contributed by atoms with Gasteiger partial charge < -0.3 is 25.1 Å². The molecule has 0 radical (unpaired) electrons. The number of carbonyl (C=O) groups excluding carboxylic acids is 2. The van der Waals surface area contributed by atoms with Crippen LogP contribution in [0, 0.1) is 13.8 Å². The number of para-hydroxylation sites is 1. The molecule has 0 aliphatic rings. The molecular weight excluding hydrogens is 466 g/mol. The maximum absolute atomic E-state index is 12.8. The fraction of sp³-hybridized carbons (Fsp3) is 0.267. The predicted molar refractivity (Wildman–Crippen MR) is 146 cm³/mol. The maximum atomic E-state index is 12.8. The number of rotatable bonds is 10. The fourth-order valence-corrected chi connectivity index (χ4v) is 4.61. The molecule has 3 aromatic carbocycles. The highest BCUT2D eigenvalue weighted by atomic mass is 16.5. The van der Waals surface area contributed by atoms with Crippen molar-refractivity contribution >= 4 is 22.7 Å². The largest absolute Gasteiger partial charge is 0.493 e. The zero-order valence-corrected chi connectivity index (χ0v) is 21.7. The van der Waals surface area contributed by atoms with Crippen molar-refractivity contribution in [3.8, 4) is 11.5 Å². The summed E-state index contributed by atoms with van der Waals surface area (Å²) in [6.07, 6.45) is 1.98. The molecular formula is C30H33N3O4. The third kappa shape index (κ3) is 6.12. The molecule has 0 saturated heterocycles. The van der Waals surface area contributed by atoms with Crippen LogP contribution in [-0.4, -0.2) is 43.6 Å². The van der Waals surface area contributed by atoms with E-state index in [1.807, 2.05) is 81.6 Å². The second-order valence-electron chi connectivity index (χ2n) is 9.05. The Bertz CT molecular complexity index is 1390. The second kappa shape index (κ2) is 11.6. The monoisotopic (exact) mass is 499 g/mol. The Morgan fingerprint density at radius 2 is 1.70 bits per heavy atom. The molecule has 37 heavy (non-hydrogen) atoms. The van der Waals surface area contributed by atoms with Crippen LogP contribution in [0.1, 0.15) is 45.5 Å². The van der Waals surface area contributed by atoms with Gasteiger partial charge >= 0.3 is 0 Å². The lowest BCUT2D eigenvalue weighted by atomic mass is 9.90. The van der Waals surface area contributed by atoms with Gasteiger partial charge in [-0.2, -0.15) is 0 Å². The molecule has 1 atom stereocenters. The van der Waals surface area contributed by atoms with Gasteiger partial charge in [0.2, 0.25) is 5.91 Å². The molecule has 0 saturated carbocycles. The molecule has 0 spiro atoms. The number of carbonyl (C=O) groups is 2. The number of methoxy groups -OCH3 is 1. The second-order valence-corrected chi connectivity index (χ2v) is 9.05. The van der Waals surface area contributed by atoms with Crippen molar-refractivity contribution < 1.29 is 19.1 Å². The summed E-state index contributed by atoms with van der Waals surface area (Å²) in [5.41, 5.74) is 5.60. The summed E-state index contributed by atoms with van der Waals surface area (Å²) in [7, 11) is 1.61. The molecule has 1 aromatic heterocycles. The van der Waals surface area contributed by atoms with Crippen molar-refractivity contribution in [2.75, 3.05) is 26.8 Å². The minimum absolute atomic E-state index is 0.112. The van der Waals surface area contributed by atoms with E-state index in [4.69, 9.17) is 9.47 Å². The number of aryl methyl sites for hydroxylation is 2. The standard InChI is InChI=1S/C30H33N3O4/c1-5-37-27-11-10-21(15-28(27)36-4)24(25-17-31-26-9-7-6-8-23(25)26)16-32-29(34)18-33-30(35)22-13-19(2)12-20(3)14-22/h6-15,17,24,31H,5,16,18H2,1-4H3,(H,32,34)(H,33,35). The van der Waals surface area contributed by atoms with E-state index >= 15 is 0 Å². The summed E-state index contributed by atoms with van der Waals surface area (Å²) in [6.45, 7) is 6.58. The number of hydrogen-bond acceptors (Lipinski definition) is 4. The predicted octanol–water partition coefficient (Wildman–Crippen LogP) is 4.87. The van der Waals surface area contributed by atoms with E-state index in [1.165, 1.54) is 0 Å². The van der Waals surface area contributed by atoms with Gasteiger partial charge in [-0.15, -0.1) is 0 Å². The van der Waals surface area contributed by atoms with Crippen LogP contribution in [0.15, 0.2) is 66.9 Å². The van der Waals surface area contributed by atoms with Crippen LogP contribution in [0.25, 0.3) is 10.9 Å². The van der Waals surface area contributed by atoms with Crippen LogP contribution in [0.4, 0.5) is 0 Å². The zero-order chi connectivity index (χ0) is 26.4. The maximum Gasteiger partial charge on any atom is 0.251 e. The van der Waals surface area contributed by atoms with Crippen LogP contribution >= 0.6 is 0 Å².